The maximum atomic E-state index is 13.5. The van der Waals surface area contributed by atoms with Gasteiger partial charge in [0.2, 0.25) is 10.0 Å². The molecule has 0 unspecified atom stereocenters. The molecule has 2 heterocycles. The molecule has 0 spiro atoms. The molecule has 0 radical (unpaired) electrons. The Morgan fingerprint density at radius 3 is 2.56 bits per heavy atom. The van der Waals surface area contributed by atoms with Crippen LogP contribution in [0.15, 0.2) is 54.1 Å². The van der Waals surface area contributed by atoms with Crippen molar-refractivity contribution < 1.29 is 17.9 Å². The Balaban J connectivity index is 1.87. The van der Waals surface area contributed by atoms with E-state index in [1.807, 2.05) is 26.8 Å². The minimum Gasteiger partial charge on any atom is -0.464 e. The number of fused-ring (bicyclic) bond motifs is 1. The molecule has 1 N–H and O–H groups in total. The number of sulfonamides is 1. The van der Waals surface area contributed by atoms with Crippen LogP contribution < -0.4 is 0 Å². The van der Waals surface area contributed by atoms with Gasteiger partial charge in [-0.25, -0.2) is 13.4 Å². The Morgan fingerprint density at radius 2 is 1.94 bits per heavy atom. The first-order valence-electron chi connectivity index (χ1n) is 11.3. The Bertz CT molecular complexity index is 1250. The van der Waals surface area contributed by atoms with Gasteiger partial charge in [0.05, 0.1) is 22.1 Å². The molecule has 1 atom stereocenters. The minimum absolute atomic E-state index is 0.00256. The van der Waals surface area contributed by atoms with Gasteiger partial charge < -0.3 is 9.72 Å². The number of aromatic nitrogens is 3. The number of ether oxygens (including phenoxy) is 1. The fourth-order valence-corrected chi connectivity index (χ4v) is 5.54. The fourth-order valence-electron chi connectivity index (χ4n) is 3.95. The molecule has 3 aromatic rings. The lowest BCUT2D eigenvalue weighted by atomic mass is 10.0. The predicted octanol–water partition coefficient (Wildman–Crippen LogP) is 4.01. The Labute approximate surface area is 201 Å². The smallest absolute Gasteiger partial charge is 0.302 e. The van der Waals surface area contributed by atoms with Crippen molar-refractivity contribution in [3.63, 3.8) is 0 Å². The predicted molar refractivity (Wildman–Crippen MR) is 132 cm³/mol. The number of H-pyrrole nitrogens is 1. The third-order valence-corrected chi connectivity index (χ3v) is 7.37. The number of aryl methyl sites for hydroxylation is 1. The first kappa shape index (κ1) is 25.6. The summed E-state index contributed by atoms with van der Waals surface area (Å²) in [5, 5.41) is 0. The summed E-state index contributed by atoms with van der Waals surface area (Å²) in [5.41, 5.74) is 3.49. The van der Waals surface area contributed by atoms with E-state index in [1.54, 1.807) is 36.5 Å². The summed E-state index contributed by atoms with van der Waals surface area (Å²) in [4.78, 5) is 23.7. The van der Waals surface area contributed by atoms with E-state index < -0.39 is 22.0 Å². The van der Waals surface area contributed by atoms with Crippen molar-refractivity contribution in [2.24, 2.45) is 5.92 Å². The second kappa shape index (κ2) is 10.9. The van der Waals surface area contributed by atoms with Gasteiger partial charge >= 0.3 is 5.97 Å². The summed E-state index contributed by atoms with van der Waals surface area (Å²) in [7, 11) is -3.84. The highest BCUT2D eigenvalue weighted by atomic mass is 32.2. The summed E-state index contributed by atoms with van der Waals surface area (Å²) < 4.78 is 33.7. The number of carbonyl (C=O) groups excluding carboxylic acids is 1. The van der Waals surface area contributed by atoms with E-state index in [0.29, 0.717) is 12.8 Å². The number of hydrogen-bond acceptors (Lipinski definition) is 6. The van der Waals surface area contributed by atoms with Crippen molar-refractivity contribution in [2.75, 3.05) is 13.2 Å². The molecule has 9 heteroatoms. The molecule has 0 saturated heterocycles. The van der Waals surface area contributed by atoms with Crippen LogP contribution in [0.5, 0.6) is 0 Å². The molecule has 1 aromatic carbocycles. The molecule has 182 valence electrons. The van der Waals surface area contributed by atoms with Crippen molar-refractivity contribution >= 4 is 27.0 Å². The van der Waals surface area contributed by atoms with E-state index in [4.69, 9.17) is 4.74 Å². The van der Waals surface area contributed by atoms with Gasteiger partial charge in [0, 0.05) is 26.1 Å². The first-order chi connectivity index (χ1) is 16.1. The molecular formula is C25H32N4O4S. The number of benzene rings is 1. The van der Waals surface area contributed by atoms with Crippen LogP contribution in [0.2, 0.25) is 0 Å². The zero-order chi connectivity index (χ0) is 24.9. The molecule has 0 saturated carbocycles. The number of aromatic amines is 1. The van der Waals surface area contributed by atoms with Gasteiger partial charge in [-0.15, -0.1) is 6.58 Å². The molecule has 0 amide bonds. The lowest BCUT2D eigenvalue weighted by Gasteiger charge is -2.31. The molecule has 0 aliphatic carbocycles. The number of esters is 1. The van der Waals surface area contributed by atoms with Crippen LogP contribution in [-0.4, -0.2) is 52.8 Å². The number of carbonyl (C=O) groups is 1. The summed E-state index contributed by atoms with van der Waals surface area (Å²) in [5.74, 6) is 0.592. The van der Waals surface area contributed by atoms with E-state index >= 15 is 0 Å². The average molecular weight is 485 g/mol. The molecule has 8 nitrogen and oxygen atoms in total. The lowest BCUT2D eigenvalue weighted by molar-refractivity contribution is -0.142. The van der Waals surface area contributed by atoms with E-state index in [1.165, 1.54) is 11.2 Å². The van der Waals surface area contributed by atoms with Crippen LogP contribution in [0, 0.1) is 12.8 Å². The zero-order valence-corrected chi connectivity index (χ0v) is 20.9. The van der Waals surface area contributed by atoms with E-state index in [-0.39, 0.29) is 24.0 Å². The SMILES string of the molecule is C=CCN([C@H](COC(C)=O)CC(C)C)S(=O)(=O)c1ccc(Cc2nccc3[nH]c(C)nc23)cc1. The van der Waals surface area contributed by atoms with Crippen LogP contribution in [0.25, 0.3) is 11.0 Å². The van der Waals surface area contributed by atoms with Gasteiger partial charge in [-0.2, -0.15) is 4.31 Å². The Kier molecular flexibility index (Phi) is 8.22. The standard InChI is InChI=1S/C25H32N4O4S/c1-6-13-29(21(14-17(2)3)16-33-19(5)30)34(31,32)22-9-7-20(8-10-22)15-24-25-23(11-12-26-24)27-18(4)28-25/h6-12,17,21H,1,13-16H2,2-5H3,(H,27,28)/t21-/m0/s1. The van der Waals surface area contributed by atoms with Crippen molar-refractivity contribution in [3.8, 4) is 0 Å². The number of imidazole rings is 1. The molecule has 0 bridgehead atoms. The molecule has 0 aliphatic rings. The van der Waals surface area contributed by atoms with Crippen molar-refractivity contribution in [1.82, 2.24) is 19.3 Å². The van der Waals surface area contributed by atoms with E-state index in [2.05, 4.69) is 21.5 Å². The van der Waals surface area contributed by atoms with Gasteiger partial charge in [-0.1, -0.05) is 32.1 Å². The quantitative estimate of drug-likeness (QED) is 0.326. The highest BCUT2D eigenvalue weighted by molar-refractivity contribution is 7.89. The molecular weight excluding hydrogens is 452 g/mol. The first-order valence-corrected chi connectivity index (χ1v) is 12.7. The Hall–Kier alpha value is -3.04. The van der Waals surface area contributed by atoms with Crippen molar-refractivity contribution in [2.45, 2.75) is 51.5 Å². The second-order valence-corrected chi connectivity index (χ2v) is 10.6. The van der Waals surface area contributed by atoms with Gasteiger partial charge in [0.15, 0.2) is 0 Å². The van der Waals surface area contributed by atoms with E-state index in [0.717, 1.165) is 28.1 Å². The van der Waals surface area contributed by atoms with Gasteiger partial charge in [-0.3, -0.25) is 9.78 Å². The van der Waals surface area contributed by atoms with Crippen LogP contribution in [0.4, 0.5) is 0 Å². The number of rotatable bonds is 11. The lowest BCUT2D eigenvalue weighted by Crippen LogP contribution is -2.44. The third kappa shape index (κ3) is 6.09. The van der Waals surface area contributed by atoms with Gasteiger partial charge in [0.1, 0.15) is 17.9 Å². The highest BCUT2D eigenvalue weighted by Gasteiger charge is 2.32. The maximum Gasteiger partial charge on any atom is 0.302 e. The van der Waals surface area contributed by atoms with Crippen LogP contribution in [-0.2, 0) is 26.0 Å². The van der Waals surface area contributed by atoms with Crippen LogP contribution >= 0.6 is 0 Å². The fraction of sp³-hybridized carbons (Fsp3) is 0.400. The zero-order valence-electron chi connectivity index (χ0n) is 20.1. The minimum atomic E-state index is -3.84. The summed E-state index contributed by atoms with van der Waals surface area (Å²) in [6.45, 7) is 11.1. The monoisotopic (exact) mass is 484 g/mol. The molecule has 0 fully saturated rings. The number of nitrogens with one attached hydrogen (secondary N) is 1. The topological polar surface area (TPSA) is 105 Å². The average Bonchev–Trinajstić information content (AvgIpc) is 3.16. The van der Waals surface area contributed by atoms with Crippen molar-refractivity contribution in [1.29, 1.82) is 0 Å². The van der Waals surface area contributed by atoms with Gasteiger partial charge in [-0.05, 0) is 43.0 Å². The third-order valence-electron chi connectivity index (χ3n) is 5.44. The van der Waals surface area contributed by atoms with Crippen molar-refractivity contribution in [3.05, 3.63) is 66.3 Å². The second-order valence-electron chi connectivity index (χ2n) is 8.75. The molecule has 2 aromatic heterocycles. The molecule has 0 aliphatic heterocycles. The number of nitrogens with zero attached hydrogens (tertiary/aromatic N) is 3. The van der Waals surface area contributed by atoms with Crippen LogP contribution in [0.3, 0.4) is 0 Å². The molecule has 34 heavy (non-hydrogen) atoms. The maximum absolute atomic E-state index is 13.5. The van der Waals surface area contributed by atoms with E-state index in [9.17, 15) is 13.2 Å². The van der Waals surface area contributed by atoms with Gasteiger partial charge in [0.25, 0.3) is 0 Å². The highest BCUT2D eigenvalue weighted by Crippen LogP contribution is 2.24. The normalized spacial score (nSPS) is 12.9. The largest absolute Gasteiger partial charge is 0.464 e. The Morgan fingerprint density at radius 1 is 1.24 bits per heavy atom. The summed E-state index contributed by atoms with van der Waals surface area (Å²) >= 11 is 0. The molecule has 3 rings (SSSR count). The number of pyridine rings is 1. The number of hydrogen-bond donors (Lipinski definition) is 1. The summed E-state index contributed by atoms with van der Waals surface area (Å²) in [6.07, 6.45) is 4.36. The van der Waals surface area contributed by atoms with Crippen LogP contribution in [0.1, 0.15) is 44.3 Å². The summed E-state index contributed by atoms with van der Waals surface area (Å²) in [6, 6.07) is 8.19.